The van der Waals surface area contributed by atoms with Crippen LogP contribution in [-0.4, -0.2) is 11.3 Å². The highest BCUT2D eigenvalue weighted by atomic mass is 79.9. The maximum Gasteiger partial charge on any atom is 0.573 e. The van der Waals surface area contributed by atoms with Crippen molar-refractivity contribution in [2.45, 2.75) is 13.3 Å². The van der Waals surface area contributed by atoms with E-state index in [0.717, 1.165) is 10.0 Å². The summed E-state index contributed by atoms with van der Waals surface area (Å²) in [6.07, 6.45) is -3.21. The Balaban J connectivity index is 2.35. The van der Waals surface area contributed by atoms with Crippen LogP contribution in [0, 0.1) is 6.92 Å². The number of anilines is 2. The second-order valence-electron chi connectivity index (χ2n) is 4.13. The Morgan fingerprint density at radius 3 is 2.48 bits per heavy atom. The molecule has 8 heteroatoms. The molecule has 0 fully saturated rings. The van der Waals surface area contributed by atoms with Gasteiger partial charge in [-0.1, -0.05) is 15.9 Å². The molecule has 0 radical (unpaired) electrons. The van der Waals surface area contributed by atoms with Gasteiger partial charge in [0.25, 0.3) is 0 Å². The monoisotopic (exact) mass is 424 g/mol. The van der Waals surface area contributed by atoms with E-state index in [4.69, 9.17) is 0 Å². The van der Waals surface area contributed by atoms with Gasteiger partial charge in [-0.2, -0.15) is 0 Å². The highest BCUT2D eigenvalue weighted by molar-refractivity contribution is 9.10. The zero-order valence-electron chi connectivity index (χ0n) is 10.6. The van der Waals surface area contributed by atoms with Crippen molar-refractivity contribution in [3.8, 4) is 5.75 Å². The molecule has 112 valence electrons. The zero-order chi connectivity index (χ0) is 15.6. The van der Waals surface area contributed by atoms with Crippen molar-refractivity contribution >= 4 is 43.4 Å². The molecule has 0 saturated heterocycles. The average molecular weight is 426 g/mol. The molecule has 0 spiro atoms. The van der Waals surface area contributed by atoms with Crippen LogP contribution in [0.1, 0.15) is 5.56 Å². The smallest absolute Gasteiger partial charge is 0.404 e. The molecule has 0 saturated carbocycles. The topological polar surface area (TPSA) is 34.2 Å². The second kappa shape index (κ2) is 6.23. The van der Waals surface area contributed by atoms with Crippen molar-refractivity contribution in [3.05, 3.63) is 45.0 Å². The van der Waals surface area contributed by atoms with Crippen LogP contribution in [0.5, 0.6) is 5.75 Å². The van der Waals surface area contributed by atoms with Crippen molar-refractivity contribution in [2.24, 2.45) is 0 Å². The lowest BCUT2D eigenvalue weighted by molar-refractivity contribution is -0.274. The molecule has 0 bridgehead atoms. The maximum atomic E-state index is 12.4. The van der Waals surface area contributed by atoms with Crippen molar-refractivity contribution in [3.63, 3.8) is 0 Å². The van der Waals surface area contributed by atoms with E-state index in [0.29, 0.717) is 10.3 Å². The second-order valence-corrected chi connectivity index (χ2v) is 5.96. The zero-order valence-corrected chi connectivity index (χ0v) is 13.8. The van der Waals surface area contributed by atoms with Gasteiger partial charge >= 0.3 is 6.36 Å². The Labute approximate surface area is 135 Å². The van der Waals surface area contributed by atoms with Crippen LogP contribution in [0.4, 0.5) is 24.7 Å². The summed E-state index contributed by atoms with van der Waals surface area (Å²) in [4.78, 5) is 4.13. The van der Waals surface area contributed by atoms with E-state index < -0.39 is 6.36 Å². The summed E-state index contributed by atoms with van der Waals surface area (Å²) in [6, 6.07) is 6.14. The van der Waals surface area contributed by atoms with Gasteiger partial charge in [-0.05, 0) is 52.7 Å². The Hall–Kier alpha value is -1.28. The van der Waals surface area contributed by atoms with Gasteiger partial charge in [0.2, 0.25) is 0 Å². The van der Waals surface area contributed by atoms with E-state index in [2.05, 4.69) is 46.9 Å². The number of alkyl halides is 3. The van der Waals surface area contributed by atoms with Gasteiger partial charge in [0.1, 0.15) is 5.82 Å². The summed E-state index contributed by atoms with van der Waals surface area (Å²) in [5.41, 5.74) is 0.957. The number of ether oxygens (including phenoxy) is 1. The van der Waals surface area contributed by atoms with Gasteiger partial charge < -0.3 is 10.1 Å². The first-order valence-electron chi connectivity index (χ1n) is 5.69. The van der Waals surface area contributed by atoms with Crippen LogP contribution in [0.25, 0.3) is 0 Å². The van der Waals surface area contributed by atoms with Crippen LogP contribution >= 0.6 is 31.9 Å². The molecule has 1 aromatic heterocycles. The molecule has 0 aliphatic rings. The number of hydrogen-bond donors (Lipinski definition) is 1. The van der Waals surface area contributed by atoms with E-state index >= 15 is 0 Å². The number of pyridine rings is 1. The fourth-order valence-corrected chi connectivity index (χ4v) is 2.39. The summed E-state index contributed by atoms with van der Waals surface area (Å²) in [7, 11) is 0. The predicted molar refractivity (Wildman–Crippen MR) is 80.8 cm³/mol. The van der Waals surface area contributed by atoms with Crippen LogP contribution in [-0.2, 0) is 0 Å². The number of hydrogen-bond acceptors (Lipinski definition) is 3. The summed E-state index contributed by atoms with van der Waals surface area (Å²) in [6.45, 7) is 1.79. The van der Waals surface area contributed by atoms with Gasteiger partial charge in [0.05, 0.1) is 5.69 Å². The summed E-state index contributed by atoms with van der Waals surface area (Å²) in [5.74, 6) is 0.119. The maximum absolute atomic E-state index is 12.4. The van der Waals surface area contributed by atoms with E-state index in [-0.39, 0.29) is 11.4 Å². The lowest BCUT2D eigenvalue weighted by Crippen LogP contribution is -2.18. The Morgan fingerprint density at radius 1 is 1.14 bits per heavy atom. The molecule has 0 unspecified atom stereocenters. The molecule has 0 aliphatic heterocycles. The Morgan fingerprint density at radius 2 is 1.86 bits per heavy atom. The summed E-state index contributed by atoms with van der Waals surface area (Å²) in [5, 5.41) is 2.84. The first-order valence-corrected chi connectivity index (χ1v) is 7.28. The van der Waals surface area contributed by atoms with Crippen LogP contribution < -0.4 is 10.1 Å². The van der Waals surface area contributed by atoms with Crippen molar-refractivity contribution in [1.82, 2.24) is 4.98 Å². The summed E-state index contributed by atoms with van der Waals surface area (Å²) < 4.78 is 42.6. The number of nitrogens with one attached hydrogen (secondary N) is 1. The number of benzene rings is 1. The lowest BCUT2D eigenvalue weighted by atomic mass is 10.2. The van der Waals surface area contributed by atoms with Gasteiger partial charge in [-0.3, -0.25) is 0 Å². The normalized spacial score (nSPS) is 11.3. The molecule has 2 rings (SSSR count). The standard InChI is InChI=1S/C13H9Br2F3N2O/c1-7-4-9(15)6-19-12(7)20-10-3-2-8(14)5-11(10)21-13(16,17)18/h2-6H,1H3,(H,19,20). The molecular formula is C13H9Br2F3N2O. The number of rotatable bonds is 3. The molecule has 21 heavy (non-hydrogen) atoms. The van der Waals surface area contributed by atoms with Crippen LogP contribution in [0.15, 0.2) is 39.4 Å². The number of nitrogens with zero attached hydrogens (tertiary/aromatic N) is 1. The molecule has 0 atom stereocenters. The third-order valence-corrected chi connectivity index (χ3v) is 3.39. The van der Waals surface area contributed by atoms with Crippen molar-refractivity contribution in [1.29, 1.82) is 0 Å². The summed E-state index contributed by atoms with van der Waals surface area (Å²) >= 11 is 6.39. The molecule has 0 amide bonds. The van der Waals surface area contributed by atoms with Crippen molar-refractivity contribution < 1.29 is 17.9 Å². The Bertz CT molecular complexity index is 662. The van der Waals surface area contributed by atoms with E-state index in [1.54, 1.807) is 25.3 Å². The Kier molecular flexibility index (Phi) is 4.77. The highest BCUT2D eigenvalue weighted by Gasteiger charge is 2.32. The first kappa shape index (κ1) is 16.1. The molecule has 1 aromatic carbocycles. The van der Waals surface area contributed by atoms with Gasteiger partial charge in [0.15, 0.2) is 5.75 Å². The minimum atomic E-state index is -4.76. The van der Waals surface area contributed by atoms with E-state index in [9.17, 15) is 13.2 Å². The van der Waals surface area contributed by atoms with Crippen molar-refractivity contribution in [2.75, 3.05) is 5.32 Å². The average Bonchev–Trinajstić information content (AvgIpc) is 2.33. The van der Waals surface area contributed by atoms with Gasteiger partial charge in [0, 0.05) is 15.1 Å². The van der Waals surface area contributed by atoms with Crippen LogP contribution in [0.3, 0.4) is 0 Å². The SMILES string of the molecule is Cc1cc(Br)cnc1Nc1ccc(Br)cc1OC(F)(F)F. The fraction of sp³-hybridized carbons (Fsp3) is 0.154. The molecular weight excluding hydrogens is 417 g/mol. The molecule has 2 aromatic rings. The number of halogens is 5. The third-order valence-electron chi connectivity index (χ3n) is 2.47. The molecule has 0 aliphatic carbocycles. The fourth-order valence-electron chi connectivity index (χ4n) is 1.61. The number of aryl methyl sites for hydroxylation is 1. The largest absolute Gasteiger partial charge is 0.573 e. The number of aromatic nitrogens is 1. The van der Waals surface area contributed by atoms with E-state index in [1.165, 1.54) is 12.1 Å². The minimum Gasteiger partial charge on any atom is -0.404 e. The predicted octanol–water partition coefficient (Wildman–Crippen LogP) is 5.56. The highest BCUT2D eigenvalue weighted by Crippen LogP contribution is 2.35. The van der Waals surface area contributed by atoms with E-state index in [1.807, 2.05) is 0 Å². The quantitative estimate of drug-likeness (QED) is 0.699. The van der Waals surface area contributed by atoms with Gasteiger partial charge in [-0.15, -0.1) is 13.2 Å². The first-order chi connectivity index (χ1) is 9.74. The van der Waals surface area contributed by atoms with Gasteiger partial charge in [-0.25, -0.2) is 4.98 Å². The third kappa shape index (κ3) is 4.60. The van der Waals surface area contributed by atoms with Crippen LogP contribution in [0.2, 0.25) is 0 Å². The molecule has 1 N–H and O–H groups in total. The lowest BCUT2D eigenvalue weighted by Gasteiger charge is -2.15. The molecule has 3 nitrogen and oxygen atoms in total. The minimum absolute atomic E-state index is 0.174. The molecule has 1 heterocycles.